The number of alkyl halides is 2. The van der Waals surface area contributed by atoms with Crippen LogP contribution in [0.1, 0.15) is 15.2 Å². The fourth-order valence-corrected chi connectivity index (χ4v) is 3.01. The van der Waals surface area contributed by atoms with Gasteiger partial charge in [-0.05, 0) is 43.3 Å². The van der Waals surface area contributed by atoms with Crippen LogP contribution in [-0.2, 0) is 0 Å². The van der Waals surface area contributed by atoms with Gasteiger partial charge in [0.05, 0.1) is 11.3 Å². The number of aromatic nitrogens is 2. The highest BCUT2D eigenvalue weighted by Crippen LogP contribution is 2.31. The first-order valence-electron chi connectivity index (χ1n) is 7.27. The van der Waals surface area contributed by atoms with E-state index < -0.39 is 6.61 Å². The van der Waals surface area contributed by atoms with Crippen molar-refractivity contribution >= 4 is 22.4 Å². The van der Waals surface area contributed by atoms with E-state index in [0.717, 1.165) is 10.4 Å². The van der Waals surface area contributed by atoms with Crippen molar-refractivity contribution < 1.29 is 18.3 Å². The van der Waals surface area contributed by atoms with Crippen LogP contribution in [0.5, 0.6) is 5.75 Å². The Kier molecular flexibility index (Phi) is 4.99. The Morgan fingerprint density at radius 2 is 2.00 bits per heavy atom. The van der Waals surface area contributed by atoms with Crippen LogP contribution in [0.15, 0.2) is 48.8 Å². The summed E-state index contributed by atoms with van der Waals surface area (Å²) < 4.78 is 28.7. The normalized spacial score (nSPS) is 10.7. The van der Waals surface area contributed by atoms with Crippen LogP contribution >= 0.6 is 11.3 Å². The number of thiazole rings is 1. The van der Waals surface area contributed by atoms with Gasteiger partial charge in [-0.15, -0.1) is 11.3 Å². The monoisotopic (exact) mass is 361 g/mol. The summed E-state index contributed by atoms with van der Waals surface area (Å²) in [5.74, 6) is -0.217. The van der Waals surface area contributed by atoms with E-state index in [4.69, 9.17) is 0 Å². The molecule has 0 radical (unpaired) electrons. The number of hydrogen-bond donors (Lipinski definition) is 1. The van der Waals surface area contributed by atoms with Gasteiger partial charge in [-0.1, -0.05) is 0 Å². The summed E-state index contributed by atoms with van der Waals surface area (Å²) in [5.41, 5.74) is 1.86. The van der Waals surface area contributed by atoms with Crippen molar-refractivity contribution in [2.45, 2.75) is 13.5 Å². The molecular formula is C17H13F2N3O2S. The first-order chi connectivity index (χ1) is 12.0. The summed E-state index contributed by atoms with van der Waals surface area (Å²) >= 11 is 1.33. The number of ether oxygens (including phenoxy) is 1. The van der Waals surface area contributed by atoms with Crippen molar-refractivity contribution in [2.75, 3.05) is 5.32 Å². The molecule has 25 heavy (non-hydrogen) atoms. The first kappa shape index (κ1) is 17.0. The Hall–Kier alpha value is -2.87. The SMILES string of the molecule is Cc1sc(NC(=O)c2cccnc2)nc1-c1ccc(OC(F)F)cc1. The second kappa shape index (κ2) is 7.35. The third-order valence-electron chi connectivity index (χ3n) is 3.29. The highest BCUT2D eigenvalue weighted by Gasteiger charge is 2.14. The second-order valence-electron chi connectivity index (χ2n) is 5.02. The van der Waals surface area contributed by atoms with Gasteiger partial charge in [0, 0.05) is 22.8 Å². The maximum atomic E-state index is 12.2. The Morgan fingerprint density at radius 1 is 1.24 bits per heavy atom. The number of rotatable bonds is 5. The minimum Gasteiger partial charge on any atom is -0.435 e. The Labute approximate surface area is 146 Å². The highest BCUT2D eigenvalue weighted by molar-refractivity contribution is 7.16. The largest absolute Gasteiger partial charge is 0.435 e. The summed E-state index contributed by atoms with van der Waals surface area (Å²) in [6.07, 6.45) is 3.06. The maximum Gasteiger partial charge on any atom is 0.387 e. The van der Waals surface area contributed by atoms with Crippen molar-refractivity contribution in [1.29, 1.82) is 0 Å². The lowest BCUT2D eigenvalue weighted by atomic mass is 10.1. The molecule has 0 bridgehead atoms. The number of amides is 1. The molecule has 5 nitrogen and oxygen atoms in total. The zero-order valence-corrected chi connectivity index (χ0v) is 13.9. The molecule has 8 heteroatoms. The van der Waals surface area contributed by atoms with Gasteiger partial charge < -0.3 is 4.74 Å². The number of carbonyl (C=O) groups is 1. The van der Waals surface area contributed by atoms with Gasteiger partial charge in [0.25, 0.3) is 5.91 Å². The maximum absolute atomic E-state index is 12.2. The average Bonchev–Trinajstić information content (AvgIpc) is 2.96. The number of halogens is 2. The summed E-state index contributed by atoms with van der Waals surface area (Å²) in [7, 11) is 0. The van der Waals surface area contributed by atoms with E-state index in [2.05, 4.69) is 20.0 Å². The fraction of sp³-hybridized carbons (Fsp3) is 0.118. The minimum absolute atomic E-state index is 0.0803. The van der Waals surface area contributed by atoms with Crippen molar-refractivity contribution in [3.63, 3.8) is 0 Å². The van der Waals surface area contributed by atoms with Crippen molar-refractivity contribution in [3.8, 4) is 17.0 Å². The van der Waals surface area contributed by atoms with Crippen molar-refractivity contribution in [1.82, 2.24) is 9.97 Å². The number of benzene rings is 1. The predicted octanol–water partition coefficient (Wildman–Crippen LogP) is 4.37. The van der Waals surface area contributed by atoms with Crippen molar-refractivity contribution in [2.24, 2.45) is 0 Å². The summed E-state index contributed by atoms with van der Waals surface area (Å²) in [5, 5.41) is 3.18. The minimum atomic E-state index is -2.86. The molecule has 1 amide bonds. The Morgan fingerprint density at radius 3 is 2.64 bits per heavy atom. The van der Waals surface area contributed by atoms with Crippen LogP contribution in [0.25, 0.3) is 11.3 Å². The Balaban J connectivity index is 1.77. The lowest BCUT2D eigenvalue weighted by Crippen LogP contribution is -2.11. The van der Waals surface area contributed by atoms with Gasteiger partial charge >= 0.3 is 6.61 Å². The molecule has 0 spiro atoms. The van der Waals surface area contributed by atoms with E-state index in [1.807, 2.05) is 6.92 Å². The van der Waals surface area contributed by atoms with Crippen LogP contribution in [0.4, 0.5) is 13.9 Å². The summed E-state index contributed by atoms with van der Waals surface area (Å²) in [6.45, 7) is -0.989. The molecule has 2 heterocycles. The third-order valence-corrected chi connectivity index (χ3v) is 4.18. The zero-order valence-electron chi connectivity index (χ0n) is 13.1. The molecule has 2 aromatic heterocycles. The Bertz CT molecular complexity index is 867. The molecule has 3 aromatic rings. The quantitative estimate of drug-likeness (QED) is 0.733. The molecule has 1 aromatic carbocycles. The van der Waals surface area contributed by atoms with Crippen molar-refractivity contribution in [3.05, 3.63) is 59.2 Å². The number of carbonyl (C=O) groups excluding carboxylic acids is 1. The standard InChI is InChI=1S/C17H13F2N3O2S/c1-10-14(11-4-6-13(7-5-11)24-16(18)19)21-17(25-10)22-15(23)12-3-2-8-20-9-12/h2-9,16H,1H3,(H,21,22,23). The fourth-order valence-electron chi connectivity index (χ4n) is 2.18. The number of anilines is 1. The van der Waals surface area contributed by atoms with E-state index in [1.54, 1.807) is 30.5 Å². The van der Waals surface area contributed by atoms with E-state index in [9.17, 15) is 13.6 Å². The molecule has 1 N–H and O–H groups in total. The third kappa shape index (κ3) is 4.16. The number of pyridine rings is 1. The number of aryl methyl sites for hydroxylation is 1. The molecule has 0 aliphatic carbocycles. The van der Waals surface area contributed by atoms with Gasteiger partial charge in [-0.3, -0.25) is 15.1 Å². The smallest absolute Gasteiger partial charge is 0.387 e. The molecular weight excluding hydrogens is 348 g/mol. The molecule has 0 aliphatic heterocycles. The summed E-state index contributed by atoms with van der Waals surface area (Å²) in [4.78, 5) is 21.4. The number of hydrogen-bond acceptors (Lipinski definition) is 5. The molecule has 0 unspecified atom stereocenters. The lowest BCUT2D eigenvalue weighted by Gasteiger charge is -2.05. The van der Waals surface area contributed by atoms with Crippen LogP contribution in [0, 0.1) is 6.92 Å². The molecule has 0 atom stereocenters. The van der Waals surface area contributed by atoms with E-state index in [0.29, 0.717) is 16.4 Å². The van der Waals surface area contributed by atoms with E-state index in [1.165, 1.54) is 29.7 Å². The van der Waals surface area contributed by atoms with Gasteiger partial charge in [0.15, 0.2) is 5.13 Å². The molecule has 0 fully saturated rings. The van der Waals surface area contributed by atoms with Gasteiger partial charge in [-0.25, -0.2) is 4.98 Å². The first-order valence-corrected chi connectivity index (χ1v) is 8.08. The van der Waals surface area contributed by atoms with E-state index in [-0.39, 0.29) is 11.7 Å². The molecule has 0 aliphatic rings. The van der Waals surface area contributed by atoms with Crippen LogP contribution in [0.2, 0.25) is 0 Å². The number of nitrogens with one attached hydrogen (secondary N) is 1. The number of nitrogens with zero attached hydrogens (tertiary/aromatic N) is 2. The van der Waals surface area contributed by atoms with Gasteiger partial charge in [-0.2, -0.15) is 8.78 Å². The lowest BCUT2D eigenvalue weighted by molar-refractivity contribution is -0.0498. The summed E-state index contributed by atoms with van der Waals surface area (Å²) in [6, 6.07) is 9.53. The molecule has 3 rings (SSSR count). The van der Waals surface area contributed by atoms with Crippen LogP contribution in [0.3, 0.4) is 0 Å². The zero-order chi connectivity index (χ0) is 17.8. The topological polar surface area (TPSA) is 64.1 Å². The van der Waals surface area contributed by atoms with Gasteiger partial charge in [0.2, 0.25) is 0 Å². The average molecular weight is 361 g/mol. The molecule has 0 saturated heterocycles. The highest BCUT2D eigenvalue weighted by atomic mass is 32.1. The van der Waals surface area contributed by atoms with E-state index >= 15 is 0 Å². The van der Waals surface area contributed by atoms with Crippen LogP contribution < -0.4 is 10.1 Å². The predicted molar refractivity (Wildman–Crippen MR) is 91.1 cm³/mol. The second-order valence-corrected chi connectivity index (χ2v) is 6.23. The van der Waals surface area contributed by atoms with Gasteiger partial charge in [0.1, 0.15) is 5.75 Å². The van der Waals surface area contributed by atoms with Crippen LogP contribution in [-0.4, -0.2) is 22.5 Å². The molecule has 128 valence electrons. The molecule has 0 saturated carbocycles.